The van der Waals surface area contributed by atoms with E-state index in [2.05, 4.69) is 0 Å². The van der Waals surface area contributed by atoms with E-state index in [-0.39, 0.29) is 11.4 Å². The zero-order valence-corrected chi connectivity index (χ0v) is 12.6. The highest BCUT2D eigenvalue weighted by molar-refractivity contribution is 5.73. The molecular weight excluding hydrogens is 252 g/mol. The van der Waals surface area contributed by atoms with Gasteiger partial charge in [-0.1, -0.05) is 51.1 Å². The molecule has 20 heavy (non-hydrogen) atoms. The molecular formula is C17H20O3. The van der Waals surface area contributed by atoms with E-state index in [1.165, 1.54) is 6.92 Å². The number of hydrogen-bond donors (Lipinski definition) is 0. The Morgan fingerprint density at radius 2 is 1.75 bits per heavy atom. The summed E-state index contributed by atoms with van der Waals surface area (Å²) in [6.45, 7) is 9.42. The van der Waals surface area contributed by atoms with Gasteiger partial charge in [0.15, 0.2) is 11.5 Å². The van der Waals surface area contributed by atoms with Gasteiger partial charge in [-0.2, -0.15) is 0 Å². The lowest BCUT2D eigenvalue weighted by Crippen LogP contribution is -2.13. The van der Waals surface area contributed by atoms with Gasteiger partial charge in [-0.15, -0.1) is 0 Å². The molecule has 0 aliphatic rings. The predicted octanol–water partition coefficient (Wildman–Crippen LogP) is 4.48. The average molecular weight is 272 g/mol. The Labute approximate surface area is 119 Å². The second-order valence-corrected chi connectivity index (χ2v) is 5.92. The number of carbonyl (C=O) groups excluding carboxylic acids is 1. The van der Waals surface area contributed by atoms with Crippen molar-refractivity contribution < 1.29 is 13.9 Å². The highest BCUT2D eigenvalue weighted by Crippen LogP contribution is 2.42. The smallest absolute Gasteiger partial charge is 0.308 e. The molecule has 0 bridgehead atoms. The first-order valence-electron chi connectivity index (χ1n) is 6.68. The van der Waals surface area contributed by atoms with E-state index >= 15 is 0 Å². The third-order valence-electron chi connectivity index (χ3n) is 3.05. The molecule has 0 fully saturated rings. The number of esters is 1. The third kappa shape index (κ3) is 2.77. The van der Waals surface area contributed by atoms with Crippen LogP contribution < -0.4 is 4.74 Å². The molecule has 0 aliphatic carbocycles. The summed E-state index contributed by atoms with van der Waals surface area (Å²) in [6.07, 6.45) is 0. The van der Waals surface area contributed by atoms with Crippen molar-refractivity contribution in [1.29, 1.82) is 0 Å². The van der Waals surface area contributed by atoms with Crippen LogP contribution in [0, 0.1) is 6.92 Å². The maximum Gasteiger partial charge on any atom is 0.308 e. The predicted molar refractivity (Wildman–Crippen MR) is 78.9 cm³/mol. The summed E-state index contributed by atoms with van der Waals surface area (Å²) < 4.78 is 11.4. The van der Waals surface area contributed by atoms with Crippen molar-refractivity contribution in [2.75, 3.05) is 0 Å². The van der Waals surface area contributed by atoms with E-state index in [4.69, 9.17) is 9.15 Å². The largest absolute Gasteiger partial charge is 0.456 e. The number of hydrogen-bond acceptors (Lipinski definition) is 3. The summed E-state index contributed by atoms with van der Waals surface area (Å²) in [5, 5.41) is 0. The number of benzene rings is 1. The fourth-order valence-electron chi connectivity index (χ4n) is 2.12. The van der Waals surface area contributed by atoms with Crippen LogP contribution >= 0.6 is 0 Å². The van der Waals surface area contributed by atoms with Crippen LogP contribution in [-0.2, 0) is 10.2 Å². The zero-order valence-electron chi connectivity index (χ0n) is 12.6. The number of carbonyl (C=O) groups is 1. The fourth-order valence-corrected chi connectivity index (χ4v) is 2.12. The van der Waals surface area contributed by atoms with Crippen LogP contribution in [0.5, 0.6) is 5.75 Å². The van der Waals surface area contributed by atoms with Gasteiger partial charge in [0.05, 0.1) is 0 Å². The molecule has 0 atom stereocenters. The van der Waals surface area contributed by atoms with Crippen molar-refractivity contribution in [3.8, 4) is 17.1 Å². The molecule has 3 heteroatoms. The van der Waals surface area contributed by atoms with Gasteiger partial charge < -0.3 is 9.15 Å². The molecule has 0 spiro atoms. The van der Waals surface area contributed by atoms with Gasteiger partial charge >= 0.3 is 5.97 Å². The lowest BCUT2D eigenvalue weighted by molar-refractivity contribution is -0.132. The molecule has 1 heterocycles. The molecule has 0 radical (unpaired) electrons. The minimum absolute atomic E-state index is 0.234. The minimum atomic E-state index is -0.334. The Kier molecular flexibility index (Phi) is 3.71. The molecule has 0 saturated heterocycles. The van der Waals surface area contributed by atoms with Crippen LogP contribution in [0.3, 0.4) is 0 Å². The maximum atomic E-state index is 11.3. The van der Waals surface area contributed by atoms with Gasteiger partial charge in [0.25, 0.3) is 0 Å². The van der Waals surface area contributed by atoms with Crippen LogP contribution in [-0.4, -0.2) is 5.97 Å². The summed E-state index contributed by atoms with van der Waals surface area (Å²) in [5.41, 5.74) is 1.60. The monoisotopic (exact) mass is 272 g/mol. The molecule has 0 unspecified atom stereocenters. The van der Waals surface area contributed by atoms with Gasteiger partial charge in [0.2, 0.25) is 0 Å². The molecule has 0 N–H and O–H groups in total. The Morgan fingerprint density at radius 1 is 1.15 bits per heavy atom. The van der Waals surface area contributed by atoms with Crippen molar-refractivity contribution in [1.82, 2.24) is 0 Å². The summed E-state index contributed by atoms with van der Waals surface area (Å²) >= 11 is 0. The van der Waals surface area contributed by atoms with E-state index in [1.54, 1.807) is 0 Å². The number of ether oxygens (including phenoxy) is 1. The van der Waals surface area contributed by atoms with Crippen molar-refractivity contribution in [3.05, 3.63) is 41.7 Å². The molecule has 0 saturated carbocycles. The Morgan fingerprint density at radius 3 is 2.25 bits per heavy atom. The molecule has 2 rings (SSSR count). The number of rotatable bonds is 2. The van der Waals surface area contributed by atoms with E-state index in [9.17, 15) is 4.79 Å². The van der Waals surface area contributed by atoms with Crippen LogP contribution in [0.25, 0.3) is 11.3 Å². The molecule has 106 valence electrons. The highest BCUT2D eigenvalue weighted by atomic mass is 16.5. The van der Waals surface area contributed by atoms with Crippen molar-refractivity contribution in [3.63, 3.8) is 0 Å². The van der Waals surface area contributed by atoms with Gasteiger partial charge in [-0.25, -0.2) is 0 Å². The first-order chi connectivity index (χ1) is 9.30. The van der Waals surface area contributed by atoms with Crippen molar-refractivity contribution >= 4 is 5.97 Å². The summed E-state index contributed by atoms with van der Waals surface area (Å²) in [7, 11) is 0. The van der Waals surface area contributed by atoms with Crippen molar-refractivity contribution in [2.45, 2.75) is 40.0 Å². The van der Waals surface area contributed by atoms with Crippen LogP contribution in [0.1, 0.15) is 39.0 Å². The third-order valence-corrected chi connectivity index (χ3v) is 3.05. The first kappa shape index (κ1) is 14.4. The summed E-state index contributed by atoms with van der Waals surface area (Å²) in [5.74, 6) is 1.67. The Bertz CT molecular complexity index is 616. The summed E-state index contributed by atoms with van der Waals surface area (Å²) in [4.78, 5) is 11.3. The van der Waals surface area contributed by atoms with Crippen LogP contribution in [0.4, 0.5) is 0 Å². The van der Waals surface area contributed by atoms with E-state index in [0.29, 0.717) is 11.5 Å². The van der Waals surface area contributed by atoms with Crippen LogP contribution in [0.2, 0.25) is 0 Å². The zero-order chi connectivity index (χ0) is 14.9. The quantitative estimate of drug-likeness (QED) is 0.757. The normalized spacial score (nSPS) is 11.4. The lowest BCUT2D eigenvalue weighted by Gasteiger charge is -2.16. The van der Waals surface area contributed by atoms with E-state index in [0.717, 1.165) is 16.9 Å². The average Bonchev–Trinajstić information content (AvgIpc) is 2.67. The molecule has 3 nitrogen and oxygen atoms in total. The van der Waals surface area contributed by atoms with Gasteiger partial charge in [-0.05, 0) is 6.92 Å². The van der Waals surface area contributed by atoms with Gasteiger partial charge in [0, 0.05) is 23.5 Å². The minimum Gasteiger partial charge on any atom is -0.456 e. The van der Waals surface area contributed by atoms with Gasteiger partial charge in [-0.3, -0.25) is 4.79 Å². The standard InChI is InChI=1S/C17H20O3/c1-11-14(13-9-7-6-8-10-13)20-16(17(3,4)5)15(11)19-12(2)18/h6-10H,1-5H3. The second kappa shape index (κ2) is 5.16. The lowest BCUT2D eigenvalue weighted by atomic mass is 9.92. The first-order valence-corrected chi connectivity index (χ1v) is 6.68. The van der Waals surface area contributed by atoms with Crippen LogP contribution in [0.15, 0.2) is 34.7 Å². The molecule has 0 aliphatic heterocycles. The fraction of sp³-hybridized carbons (Fsp3) is 0.353. The molecule has 1 aromatic carbocycles. The SMILES string of the molecule is CC(=O)Oc1c(C(C)(C)C)oc(-c2ccccc2)c1C. The van der Waals surface area contributed by atoms with E-state index in [1.807, 2.05) is 58.0 Å². The Balaban J connectivity index is 2.62. The Hall–Kier alpha value is -2.03. The topological polar surface area (TPSA) is 39.4 Å². The summed E-state index contributed by atoms with van der Waals surface area (Å²) in [6, 6.07) is 9.84. The van der Waals surface area contributed by atoms with Gasteiger partial charge in [0.1, 0.15) is 5.76 Å². The van der Waals surface area contributed by atoms with Crippen molar-refractivity contribution in [2.24, 2.45) is 0 Å². The second-order valence-electron chi connectivity index (χ2n) is 5.92. The maximum absolute atomic E-state index is 11.3. The molecule has 1 aromatic heterocycles. The number of furan rings is 1. The molecule has 2 aromatic rings. The van der Waals surface area contributed by atoms with E-state index < -0.39 is 0 Å². The highest BCUT2D eigenvalue weighted by Gasteiger charge is 2.29. The molecule has 0 amide bonds.